The zero-order chi connectivity index (χ0) is 15.1. The molecule has 0 saturated carbocycles. The topological polar surface area (TPSA) is 50.4 Å². The van der Waals surface area contributed by atoms with E-state index in [-0.39, 0.29) is 5.91 Å². The molecule has 5 heteroatoms. The summed E-state index contributed by atoms with van der Waals surface area (Å²) in [7, 11) is 1.91. The molecule has 0 bridgehead atoms. The quantitative estimate of drug-likeness (QED) is 0.791. The predicted molar refractivity (Wildman–Crippen MR) is 84.7 cm³/mol. The van der Waals surface area contributed by atoms with Gasteiger partial charge in [0.2, 0.25) is 5.91 Å². The van der Waals surface area contributed by atoms with Crippen LogP contribution in [0, 0.1) is 0 Å². The molecule has 2 N–H and O–H groups in total. The molecular formula is C16H23ClN2O2. The van der Waals surface area contributed by atoms with Crippen LogP contribution in [0.25, 0.3) is 0 Å². The normalized spacial score (nSPS) is 17.4. The minimum Gasteiger partial charge on any atom is -0.381 e. The molecule has 1 heterocycles. The number of amides is 1. The van der Waals surface area contributed by atoms with E-state index in [0.29, 0.717) is 37.6 Å². The first kappa shape index (κ1) is 16.3. The highest BCUT2D eigenvalue weighted by atomic mass is 35.5. The molecule has 1 amide bonds. The fourth-order valence-electron chi connectivity index (χ4n) is 2.82. The maximum Gasteiger partial charge on any atom is 0.230 e. The van der Waals surface area contributed by atoms with Crippen LogP contribution in [0.5, 0.6) is 0 Å². The molecule has 0 radical (unpaired) electrons. The molecule has 0 atom stereocenters. The second-order valence-corrected chi connectivity index (χ2v) is 5.79. The summed E-state index contributed by atoms with van der Waals surface area (Å²) < 4.78 is 5.45. The smallest absolute Gasteiger partial charge is 0.230 e. The van der Waals surface area contributed by atoms with Gasteiger partial charge in [0.1, 0.15) is 0 Å². The van der Waals surface area contributed by atoms with Gasteiger partial charge in [-0.2, -0.15) is 0 Å². The highest BCUT2D eigenvalue weighted by Gasteiger charge is 2.42. The minimum atomic E-state index is -0.559. The van der Waals surface area contributed by atoms with Crippen molar-refractivity contribution in [2.45, 2.75) is 24.7 Å². The molecule has 116 valence electrons. The summed E-state index contributed by atoms with van der Waals surface area (Å²) in [5.41, 5.74) is 0.358. The van der Waals surface area contributed by atoms with Crippen molar-refractivity contribution in [3.63, 3.8) is 0 Å². The fraction of sp³-hybridized carbons (Fsp3) is 0.562. The van der Waals surface area contributed by atoms with E-state index in [1.54, 1.807) is 0 Å². The van der Waals surface area contributed by atoms with Crippen LogP contribution in [-0.4, -0.2) is 39.3 Å². The van der Waals surface area contributed by atoms with Gasteiger partial charge in [-0.1, -0.05) is 29.8 Å². The first-order valence-corrected chi connectivity index (χ1v) is 7.84. The molecule has 4 nitrogen and oxygen atoms in total. The summed E-state index contributed by atoms with van der Waals surface area (Å²) >= 11 is 6.34. The Labute approximate surface area is 131 Å². The van der Waals surface area contributed by atoms with E-state index in [2.05, 4.69) is 10.6 Å². The predicted octanol–water partition coefficient (Wildman–Crippen LogP) is 2.11. The number of nitrogens with one attached hydrogen (secondary N) is 2. The summed E-state index contributed by atoms with van der Waals surface area (Å²) in [5.74, 6) is 0.0648. The number of hydrogen-bond donors (Lipinski definition) is 2. The lowest BCUT2D eigenvalue weighted by Gasteiger charge is -2.36. The van der Waals surface area contributed by atoms with E-state index in [1.807, 2.05) is 31.3 Å². The minimum absolute atomic E-state index is 0.0648. The van der Waals surface area contributed by atoms with Gasteiger partial charge >= 0.3 is 0 Å². The number of hydrogen-bond acceptors (Lipinski definition) is 3. The van der Waals surface area contributed by atoms with Crippen molar-refractivity contribution in [2.75, 3.05) is 33.4 Å². The molecule has 0 unspecified atom stereocenters. The van der Waals surface area contributed by atoms with Crippen molar-refractivity contribution in [1.29, 1.82) is 0 Å². The van der Waals surface area contributed by atoms with Crippen LogP contribution >= 0.6 is 11.6 Å². The highest BCUT2D eigenvalue weighted by molar-refractivity contribution is 6.31. The number of halogens is 1. The van der Waals surface area contributed by atoms with Gasteiger partial charge in [-0.25, -0.2) is 0 Å². The second-order valence-electron chi connectivity index (χ2n) is 5.39. The van der Waals surface area contributed by atoms with Crippen molar-refractivity contribution in [3.8, 4) is 0 Å². The van der Waals surface area contributed by atoms with Gasteiger partial charge in [0, 0.05) is 24.8 Å². The molecule has 1 aliphatic heterocycles. The number of carbonyl (C=O) groups excluding carboxylic acids is 1. The first-order chi connectivity index (χ1) is 10.2. The average Bonchev–Trinajstić information content (AvgIpc) is 2.52. The molecule has 1 aromatic carbocycles. The van der Waals surface area contributed by atoms with Gasteiger partial charge in [0.05, 0.1) is 5.41 Å². The Balaban J connectivity index is 2.17. The van der Waals surface area contributed by atoms with Crippen LogP contribution < -0.4 is 10.6 Å². The van der Waals surface area contributed by atoms with E-state index in [1.165, 1.54) is 0 Å². The number of carbonyl (C=O) groups is 1. The van der Waals surface area contributed by atoms with Gasteiger partial charge in [-0.15, -0.1) is 0 Å². The van der Waals surface area contributed by atoms with Gasteiger partial charge in [-0.05, 0) is 44.5 Å². The van der Waals surface area contributed by atoms with Crippen LogP contribution in [0.3, 0.4) is 0 Å². The Hall–Kier alpha value is -1.10. The molecular weight excluding hydrogens is 288 g/mol. The van der Waals surface area contributed by atoms with Crippen molar-refractivity contribution in [2.24, 2.45) is 0 Å². The van der Waals surface area contributed by atoms with Gasteiger partial charge in [0.25, 0.3) is 0 Å². The van der Waals surface area contributed by atoms with Crippen LogP contribution in [0.15, 0.2) is 24.3 Å². The average molecular weight is 311 g/mol. The summed E-state index contributed by atoms with van der Waals surface area (Å²) in [5, 5.41) is 6.80. The first-order valence-electron chi connectivity index (χ1n) is 7.46. The van der Waals surface area contributed by atoms with Gasteiger partial charge in [0.15, 0.2) is 0 Å². The summed E-state index contributed by atoms with van der Waals surface area (Å²) in [6.45, 7) is 2.75. The van der Waals surface area contributed by atoms with E-state index in [4.69, 9.17) is 16.3 Å². The summed E-state index contributed by atoms with van der Waals surface area (Å²) in [4.78, 5) is 12.8. The second kappa shape index (κ2) is 7.78. The summed E-state index contributed by atoms with van der Waals surface area (Å²) in [6, 6.07) is 7.64. The van der Waals surface area contributed by atoms with E-state index in [0.717, 1.165) is 18.5 Å². The van der Waals surface area contributed by atoms with E-state index >= 15 is 0 Å². The third-order valence-corrected chi connectivity index (χ3v) is 4.39. The van der Waals surface area contributed by atoms with E-state index in [9.17, 15) is 4.79 Å². The monoisotopic (exact) mass is 310 g/mol. The Morgan fingerprint density at radius 2 is 2.00 bits per heavy atom. The number of ether oxygens (including phenoxy) is 1. The van der Waals surface area contributed by atoms with E-state index < -0.39 is 5.41 Å². The Bertz CT molecular complexity index is 473. The third kappa shape index (κ3) is 3.76. The van der Waals surface area contributed by atoms with Crippen molar-refractivity contribution in [1.82, 2.24) is 10.6 Å². The van der Waals surface area contributed by atoms with Gasteiger partial charge < -0.3 is 15.4 Å². The molecule has 0 spiro atoms. The van der Waals surface area contributed by atoms with Crippen molar-refractivity contribution >= 4 is 17.5 Å². The standard InChI is InChI=1S/C16H23ClN2O2/c1-18-9-4-10-19-15(20)16(7-11-21-12-8-16)13-5-2-3-6-14(13)17/h2-3,5-6,18H,4,7-12H2,1H3,(H,19,20). The van der Waals surface area contributed by atoms with Crippen molar-refractivity contribution < 1.29 is 9.53 Å². The zero-order valence-electron chi connectivity index (χ0n) is 12.5. The Morgan fingerprint density at radius 1 is 1.29 bits per heavy atom. The molecule has 0 aliphatic carbocycles. The molecule has 21 heavy (non-hydrogen) atoms. The van der Waals surface area contributed by atoms with Crippen LogP contribution in [0.2, 0.25) is 5.02 Å². The molecule has 2 rings (SSSR count). The Morgan fingerprint density at radius 3 is 2.67 bits per heavy atom. The molecule has 1 aromatic rings. The van der Waals surface area contributed by atoms with Crippen molar-refractivity contribution in [3.05, 3.63) is 34.9 Å². The molecule has 1 fully saturated rings. The number of rotatable bonds is 6. The Kier molecular flexibility index (Phi) is 6.03. The molecule has 1 saturated heterocycles. The van der Waals surface area contributed by atoms with Gasteiger partial charge in [-0.3, -0.25) is 4.79 Å². The number of benzene rings is 1. The zero-order valence-corrected chi connectivity index (χ0v) is 13.2. The lowest BCUT2D eigenvalue weighted by molar-refractivity contribution is -0.130. The third-order valence-electron chi connectivity index (χ3n) is 4.06. The van der Waals surface area contributed by atoms with Crippen LogP contribution in [-0.2, 0) is 14.9 Å². The maximum absolute atomic E-state index is 12.8. The SMILES string of the molecule is CNCCCNC(=O)C1(c2ccccc2Cl)CCOCC1. The molecule has 1 aliphatic rings. The van der Waals surface area contributed by atoms with Crippen LogP contribution in [0.1, 0.15) is 24.8 Å². The molecule has 0 aromatic heterocycles. The highest BCUT2D eigenvalue weighted by Crippen LogP contribution is 2.38. The maximum atomic E-state index is 12.8. The van der Waals surface area contributed by atoms with Crippen LogP contribution in [0.4, 0.5) is 0 Å². The fourth-order valence-corrected chi connectivity index (χ4v) is 3.14. The summed E-state index contributed by atoms with van der Waals surface area (Å²) in [6.07, 6.45) is 2.26. The lowest BCUT2D eigenvalue weighted by atomic mass is 9.73. The largest absolute Gasteiger partial charge is 0.381 e. The lowest BCUT2D eigenvalue weighted by Crippen LogP contribution is -2.48.